The second-order valence-corrected chi connectivity index (χ2v) is 8.34. The van der Waals surface area contributed by atoms with Crippen LogP contribution in [0.1, 0.15) is 37.6 Å². The quantitative estimate of drug-likeness (QED) is 0.534. The lowest BCUT2D eigenvalue weighted by Gasteiger charge is -2.17. The lowest BCUT2D eigenvalue weighted by Crippen LogP contribution is -2.24. The predicted octanol–water partition coefficient (Wildman–Crippen LogP) is 5.12. The van der Waals surface area contributed by atoms with Crippen molar-refractivity contribution in [2.24, 2.45) is 0 Å². The van der Waals surface area contributed by atoms with E-state index in [0.29, 0.717) is 10.6 Å². The van der Waals surface area contributed by atoms with E-state index in [1.165, 1.54) is 12.1 Å². The van der Waals surface area contributed by atoms with Crippen LogP contribution in [0.15, 0.2) is 36.4 Å². The third-order valence-corrected chi connectivity index (χ3v) is 5.83. The Hall–Kier alpha value is -2.20. The first kappa shape index (κ1) is 23.5. The number of alkyl halides is 3. The Morgan fingerprint density at radius 1 is 1.16 bits per heavy atom. The zero-order valence-corrected chi connectivity index (χ0v) is 18.3. The molecule has 31 heavy (non-hydrogen) atoms. The number of hydrogen-bond acceptors (Lipinski definition) is 5. The van der Waals surface area contributed by atoms with E-state index in [-0.39, 0.29) is 40.5 Å². The number of benzene rings is 2. The van der Waals surface area contributed by atoms with Gasteiger partial charge in [-0.05, 0) is 60.0 Å². The Bertz CT molecular complexity index is 1100. The van der Waals surface area contributed by atoms with Crippen molar-refractivity contribution in [2.45, 2.75) is 25.6 Å². The van der Waals surface area contributed by atoms with Gasteiger partial charge in [-0.1, -0.05) is 29.0 Å². The van der Waals surface area contributed by atoms with Gasteiger partial charge in [-0.15, -0.1) is 22.6 Å². The highest BCUT2D eigenvalue weighted by Crippen LogP contribution is 2.35. The number of carbonyl (C=O) groups excluding carboxylic acids is 1. The summed E-state index contributed by atoms with van der Waals surface area (Å²) >= 11 is 6.89. The zero-order valence-electron chi connectivity index (χ0n) is 15.9. The van der Waals surface area contributed by atoms with E-state index in [1.54, 1.807) is 6.07 Å². The summed E-state index contributed by atoms with van der Waals surface area (Å²) in [5, 5.41) is 14.5. The molecule has 0 spiro atoms. The maximum atomic E-state index is 13.2. The molecule has 0 atom stereocenters. The van der Waals surface area contributed by atoms with Crippen LogP contribution in [0.5, 0.6) is 0 Å². The van der Waals surface area contributed by atoms with Gasteiger partial charge in [0.1, 0.15) is 5.01 Å². The second kappa shape index (κ2) is 9.52. The van der Waals surface area contributed by atoms with Gasteiger partial charge in [-0.25, -0.2) is 0 Å². The molecule has 0 radical (unpaired) electrons. The number of nitrogens with zero attached hydrogens (tertiary/aromatic N) is 2. The monoisotopic (exact) mass is 488 g/mol. The molecule has 2 heterocycles. The van der Waals surface area contributed by atoms with Crippen LogP contribution in [0, 0.1) is 0 Å². The number of rotatable bonds is 4. The van der Waals surface area contributed by atoms with Gasteiger partial charge in [-0.2, -0.15) is 13.2 Å². The van der Waals surface area contributed by atoms with Crippen molar-refractivity contribution in [3.63, 3.8) is 0 Å². The molecule has 3 aromatic rings. The van der Waals surface area contributed by atoms with Gasteiger partial charge in [0.05, 0.1) is 5.56 Å². The number of anilines is 1. The Kier molecular flexibility index (Phi) is 7.20. The van der Waals surface area contributed by atoms with Gasteiger partial charge in [-0.3, -0.25) is 10.1 Å². The van der Waals surface area contributed by atoms with Crippen LogP contribution in [0.4, 0.5) is 18.3 Å². The highest BCUT2D eigenvalue weighted by atomic mass is 35.5. The summed E-state index contributed by atoms with van der Waals surface area (Å²) in [7, 11) is 0. The van der Waals surface area contributed by atoms with E-state index in [2.05, 4.69) is 20.8 Å². The maximum Gasteiger partial charge on any atom is 0.416 e. The van der Waals surface area contributed by atoms with E-state index in [4.69, 9.17) is 11.6 Å². The fourth-order valence-electron chi connectivity index (χ4n) is 3.31. The molecule has 2 aromatic carbocycles. The van der Waals surface area contributed by atoms with E-state index in [0.717, 1.165) is 48.0 Å². The minimum absolute atomic E-state index is 0. The topological polar surface area (TPSA) is 66.9 Å². The number of carbonyl (C=O) groups is 1. The molecule has 5 nitrogen and oxygen atoms in total. The van der Waals surface area contributed by atoms with Crippen LogP contribution in [0.25, 0.3) is 0 Å². The van der Waals surface area contributed by atoms with E-state index in [9.17, 15) is 18.0 Å². The first-order chi connectivity index (χ1) is 14.3. The van der Waals surface area contributed by atoms with Crippen molar-refractivity contribution in [1.29, 1.82) is 0 Å². The summed E-state index contributed by atoms with van der Waals surface area (Å²) in [5.41, 5.74) is 2.03. The van der Waals surface area contributed by atoms with Gasteiger partial charge < -0.3 is 5.32 Å². The average Bonchev–Trinajstić information content (AvgIpc) is 3.13. The molecular weight excluding hydrogens is 472 g/mol. The Balaban J connectivity index is 0.00000272. The van der Waals surface area contributed by atoms with Gasteiger partial charge in [0, 0.05) is 23.6 Å². The van der Waals surface area contributed by atoms with Gasteiger partial charge in [0.25, 0.3) is 5.91 Å². The van der Waals surface area contributed by atoms with Crippen LogP contribution in [0.3, 0.4) is 0 Å². The van der Waals surface area contributed by atoms with Crippen molar-refractivity contribution < 1.29 is 18.0 Å². The predicted molar refractivity (Wildman–Crippen MR) is 116 cm³/mol. The molecule has 0 saturated carbocycles. The van der Waals surface area contributed by atoms with Crippen LogP contribution in [-0.4, -0.2) is 22.6 Å². The van der Waals surface area contributed by atoms with Gasteiger partial charge in [0.2, 0.25) is 5.13 Å². The second-order valence-electron chi connectivity index (χ2n) is 6.84. The third kappa shape index (κ3) is 5.54. The molecule has 0 fully saturated rings. The minimum Gasteiger partial charge on any atom is -0.312 e. The third-order valence-electron chi connectivity index (χ3n) is 4.76. The molecule has 0 unspecified atom stereocenters. The smallest absolute Gasteiger partial charge is 0.312 e. The fourth-order valence-corrected chi connectivity index (χ4v) is 4.26. The largest absolute Gasteiger partial charge is 0.416 e. The molecule has 1 aliphatic heterocycles. The standard InChI is InChI=1S/C20H16ClF3N4OS.ClH/c21-15-3-4-16(20(22,23)24)14(8-15)9-17-27-28-19(30-17)26-18(29)12-1-2-13-10-25-6-5-11(13)7-12;/h1-4,7-8,25H,5-6,9-10H2,(H,26,28,29);1H. The van der Waals surface area contributed by atoms with Crippen LogP contribution in [0.2, 0.25) is 5.02 Å². The summed E-state index contributed by atoms with van der Waals surface area (Å²) < 4.78 is 39.7. The molecule has 1 aliphatic rings. The van der Waals surface area contributed by atoms with Crippen LogP contribution in [-0.2, 0) is 25.6 Å². The molecule has 164 valence electrons. The molecule has 0 bridgehead atoms. The Morgan fingerprint density at radius 2 is 1.97 bits per heavy atom. The molecule has 0 aliphatic carbocycles. The molecule has 0 saturated heterocycles. The summed E-state index contributed by atoms with van der Waals surface area (Å²) in [4.78, 5) is 12.5. The number of nitrogens with one attached hydrogen (secondary N) is 2. The lowest BCUT2D eigenvalue weighted by atomic mass is 9.98. The van der Waals surface area contributed by atoms with Crippen molar-refractivity contribution in [3.05, 3.63) is 74.2 Å². The van der Waals surface area contributed by atoms with E-state index >= 15 is 0 Å². The fraction of sp³-hybridized carbons (Fsp3) is 0.250. The summed E-state index contributed by atoms with van der Waals surface area (Å²) in [6, 6.07) is 8.94. The number of hydrogen-bond donors (Lipinski definition) is 2. The first-order valence-corrected chi connectivity index (χ1v) is 10.3. The zero-order chi connectivity index (χ0) is 21.3. The SMILES string of the molecule is Cl.O=C(Nc1nnc(Cc2cc(Cl)ccc2C(F)(F)F)s1)c1ccc2c(c1)CCNC2. The van der Waals surface area contributed by atoms with Gasteiger partial charge in [0.15, 0.2) is 0 Å². The normalized spacial score (nSPS) is 13.3. The van der Waals surface area contributed by atoms with E-state index < -0.39 is 11.7 Å². The van der Waals surface area contributed by atoms with E-state index in [1.807, 2.05) is 12.1 Å². The highest BCUT2D eigenvalue weighted by molar-refractivity contribution is 7.15. The van der Waals surface area contributed by atoms with Crippen molar-refractivity contribution in [1.82, 2.24) is 15.5 Å². The minimum atomic E-state index is -4.50. The molecular formula is C20H17Cl2F3N4OS. The summed E-state index contributed by atoms with van der Waals surface area (Å²) in [6.07, 6.45) is -3.74. The molecule has 11 heteroatoms. The Morgan fingerprint density at radius 3 is 2.74 bits per heavy atom. The highest BCUT2D eigenvalue weighted by Gasteiger charge is 2.33. The van der Waals surface area contributed by atoms with Crippen LogP contribution >= 0.6 is 35.3 Å². The Labute approximate surface area is 191 Å². The average molecular weight is 489 g/mol. The molecule has 2 N–H and O–H groups in total. The number of halogens is 5. The van der Waals surface area contributed by atoms with Gasteiger partial charge >= 0.3 is 6.18 Å². The molecule has 4 rings (SSSR count). The molecule has 1 aromatic heterocycles. The summed E-state index contributed by atoms with van der Waals surface area (Å²) in [5.74, 6) is -0.335. The summed E-state index contributed by atoms with van der Waals surface area (Å²) in [6.45, 7) is 1.64. The van der Waals surface area contributed by atoms with Crippen molar-refractivity contribution in [3.8, 4) is 0 Å². The lowest BCUT2D eigenvalue weighted by molar-refractivity contribution is -0.138. The number of fused-ring (bicyclic) bond motifs is 1. The first-order valence-electron chi connectivity index (χ1n) is 9.11. The van der Waals surface area contributed by atoms with Crippen LogP contribution < -0.4 is 10.6 Å². The van der Waals surface area contributed by atoms with Crippen molar-refractivity contribution >= 4 is 46.4 Å². The van der Waals surface area contributed by atoms with Crippen molar-refractivity contribution in [2.75, 3.05) is 11.9 Å². The maximum absolute atomic E-state index is 13.2. The molecule has 1 amide bonds. The number of aromatic nitrogens is 2. The number of amides is 1.